The highest BCUT2D eigenvalue weighted by Crippen LogP contribution is 2.22. The predicted octanol–water partition coefficient (Wildman–Crippen LogP) is 3.16. The topological polar surface area (TPSA) is 67.4 Å². The predicted molar refractivity (Wildman–Crippen MR) is 96.9 cm³/mol. The maximum absolute atomic E-state index is 12.3. The summed E-state index contributed by atoms with van der Waals surface area (Å²) in [6.07, 6.45) is 2.29. The number of rotatable bonds is 7. The summed E-state index contributed by atoms with van der Waals surface area (Å²) in [6, 6.07) is 14.8. The minimum atomic E-state index is -0.157. The Morgan fingerprint density at radius 3 is 2.48 bits per heavy atom. The number of carbonyl (C=O) groups excluding carboxylic acids is 2. The van der Waals surface area contributed by atoms with Crippen molar-refractivity contribution in [1.29, 1.82) is 0 Å². The first-order chi connectivity index (χ1) is 12.2. The molecular weight excluding hydrogens is 316 g/mol. The van der Waals surface area contributed by atoms with E-state index in [0.29, 0.717) is 17.9 Å². The quantitative estimate of drug-likeness (QED) is 0.815. The molecule has 0 saturated heterocycles. The van der Waals surface area contributed by atoms with E-state index in [0.717, 1.165) is 24.2 Å². The van der Waals surface area contributed by atoms with Gasteiger partial charge < -0.3 is 15.4 Å². The molecule has 25 heavy (non-hydrogen) atoms. The summed E-state index contributed by atoms with van der Waals surface area (Å²) in [4.78, 5) is 24.6. The number of para-hydroxylation sites is 1. The van der Waals surface area contributed by atoms with Gasteiger partial charge in [0.25, 0.3) is 5.91 Å². The van der Waals surface area contributed by atoms with Gasteiger partial charge in [0, 0.05) is 6.04 Å². The van der Waals surface area contributed by atoms with Gasteiger partial charge in [-0.25, -0.2) is 0 Å². The van der Waals surface area contributed by atoms with Gasteiger partial charge in [-0.05, 0) is 49.6 Å². The van der Waals surface area contributed by atoms with Crippen molar-refractivity contribution in [2.45, 2.75) is 32.2 Å². The maximum atomic E-state index is 12.3. The summed E-state index contributed by atoms with van der Waals surface area (Å²) in [5.74, 6) is 0.490. The fourth-order valence-corrected chi connectivity index (χ4v) is 2.53. The molecular formula is C20H22N2O3. The van der Waals surface area contributed by atoms with E-state index >= 15 is 0 Å². The summed E-state index contributed by atoms with van der Waals surface area (Å²) in [6.45, 7) is 2.54. The van der Waals surface area contributed by atoms with Gasteiger partial charge in [-0.1, -0.05) is 24.3 Å². The molecule has 1 aliphatic carbocycles. The van der Waals surface area contributed by atoms with E-state index in [1.165, 1.54) is 0 Å². The minimum absolute atomic E-state index is 0.139. The van der Waals surface area contributed by atoms with Crippen LogP contribution >= 0.6 is 0 Å². The lowest BCUT2D eigenvalue weighted by molar-refractivity contribution is -0.115. The largest absolute Gasteiger partial charge is 0.494 e. The lowest BCUT2D eigenvalue weighted by Crippen LogP contribution is -2.27. The molecule has 0 bridgehead atoms. The molecule has 2 aromatic rings. The average Bonchev–Trinajstić information content (AvgIpc) is 3.41. The lowest BCUT2D eigenvalue weighted by atomic mass is 10.1. The van der Waals surface area contributed by atoms with Crippen molar-refractivity contribution in [3.8, 4) is 5.75 Å². The molecule has 1 aliphatic rings. The van der Waals surface area contributed by atoms with Gasteiger partial charge >= 0.3 is 0 Å². The molecule has 2 amide bonds. The van der Waals surface area contributed by atoms with Crippen molar-refractivity contribution in [3.05, 3.63) is 59.7 Å². The zero-order chi connectivity index (χ0) is 17.6. The Hall–Kier alpha value is -2.82. The van der Waals surface area contributed by atoms with Gasteiger partial charge in [-0.3, -0.25) is 9.59 Å². The van der Waals surface area contributed by atoms with Crippen LogP contribution in [0.3, 0.4) is 0 Å². The monoisotopic (exact) mass is 338 g/mol. The second-order valence-corrected chi connectivity index (χ2v) is 6.10. The van der Waals surface area contributed by atoms with Crippen molar-refractivity contribution in [3.63, 3.8) is 0 Å². The van der Waals surface area contributed by atoms with Crippen LogP contribution in [0.1, 0.15) is 35.7 Å². The molecule has 0 unspecified atom stereocenters. The highest BCUT2D eigenvalue weighted by Gasteiger charge is 2.25. The molecule has 0 aromatic heterocycles. The van der Waals surface area contributed by atoms with Crippen molar-refractivity contribution in [1.82, 2.24) is 5.32 Å². The van der Waals surface area contributed by atoms with Crippen LogP contribution in [0.2, 0.25) is 0 Å². The fourth-order valence-electron chi connectivity index (χ4n) is 2.53. The minimum Gasteiger partial charge on any atom is -0.494 e. The first-order valence-corrected chi connectivity index (χ1v) is 8.57. The summed E-state index contributed by atoms with van der Waals surface area (Å²) >= 11 is 0. The molecule has 0 spiro atoms. The van der Waals surface area contributed by atoms with E-state index in [9.17, 15) is 9.59 Å². The number of amides is 2. The van der Waals surface area contributed by atoms with E-state index in [4.69, 9.17) is 4.74 Å². The Kier molecular flexibility index (Phi) is 5.33. The number of hydrogen-bond donors (Lipinski definition) is 2. The zero-order valence-corrected chi connectivity index (χ0v) is 14.2. The van der Waals surface area contributed by atoms with Gasteiger partial charge in [0.1, 0.15) is 5.75 Å². The summed E-state index contributed by atoms with van der Waals surface area (Å²) in [5.41, 5.74) is 1.92. The molecule has 130 valence electrons. The van der Waals surface area contributed by atoms with Crippen LogP contribution in [0, 0.1) is 0 Å². The van der Waals surface area contributed by atoms with Crippen LogP contribution in [0.4, 0.5) is 5.69 Å². The molecule has 2 aromatic carbocycles. The van der Waals surface area contributed by atoms with E-state index in [-0.39, 0.29) is 24.3 Å². The fraction of sp³-hybridized carbons (Fsp3) is 0.300. The van der Waals surface area contributed by atoms with E-state index in [1.807, 2.05) is 31.2 Å². The average molecular weight is 338 g/mol. The second kappa shape index (κ2) is 7.83. The van der Waals surface area contributed by atoms with Gasteiger partial charge in [0.2, 0.25) is 5.91 Å². The molecule has 3 rings (SSSR count). The molecule has 1 fully saturated rings. The number of carbonyl (C=O) groups is 2. The van der Waals surface area contributed by atoms with Gasteiger partial charge in [-0.2, -0.15) is 0 Å². The van der Waals surface area contributed by atoms with Crippen molar-refractivity contribution < 1.29 is 14.3 Å². The van der Waals surface area contributed by atoms with Crippen molar-refractivity contribution in [2.75, 3.05) is 11.9 Å². The highest BCUT2D eigenvalue weighted by atomic mass is 16.5. The summed E-state index contributed by atoms with van der Waals surface area (Å²) < 4.78 is 5.40. The second-order valence-electron chi connectivity index (χ2n) is 6.10. The Bertz CT molecular complexity index is 752. The number of nitrogens with one attached hydrogen (secondary N) is 2. The molecule has 5 nitrogen and oxygen atoms in total. The third-order valence-electron chi connectivity index (χ3n) is 3.96. The van der Waals surface area contributed by atoms with Crippen molar-refractivity contribution >= 4 is 17.5 Å². The van der Waals surface area contributed by atoms with Gasteiger partial charge in [0.15, 0.2) is 0 Å². The molecule has 0 aliphatic heterocycles. The number of benzene rings is 2. The van der Waals surface area contributed by atoms with E-state index < -0.39 is 0 Å². The molecule has 2 N–H and O–H groups in total. The first-order valence-electron chi connectivity index (χ1n) is 8.57. The number of ether oxygens (including phenoxy) is 1. The van der Waals surface area contributed by atoms with Crippen LogP contribution in [-0.2, 0) is 11.2 Å². The summed E-state index contributed by atoms with van der Waals surface area (Å²) in [5, 5.41) is 5.79. The Morgan fingerprint density at radius 2 is 1.80 bits per heavy atom. The zero-order valence-electron chi connectivity index (χ0n) is 14.2. The highest BCUT2D eigenvalue weighted by molar-refractivity contribution is 6.04. The van der Waals surface area contributed by atoms with Crippen LogP contribution in [0.15, 0.2) is 48.5 Å². The normalized spacial score (nSPS) is 13.2. The standard InChI is InChI=1S/C20H22N2O3/c1-2-25-16-11-7-14(8-12-16)13-19(23)22-18-6-4-3-5-17(18)20(24)21-15-9-10-15/h3-8,11-12,15H,2,9-10,13H2,1H3,(H,21,24)(H,22,23). The maximum Gasteiger partial charge on any atom is 0.253 e. The number of hydrogen-bond acceptors (Lipinski definition) is 3. The van der Waals surface area contributed by atoms with Gasteiger partial charge in [-0.15, -0.1) is 0 Å². The van der Waals surface area contributed by atoms with E-state index in [1.54, 1.807) is 24.3 Å². The summed E-state index contributed by atoms with van der Waals surface area (Å²) in [7, 11) is 0. The molecule has 1 saturated carbocycles. The third kappa shape index (κ3) is 4.83. The molecule has 0 atom stereocenters. The molecule has 5 heteroatoms. The Labute approximate surface area is 147 Å². The van der Waals surface area contributed by atoms with Gasteiger partial charge in [0.05, 0.1) is 24.3 Å². The van der Waals surface area contributed by atoms with Crippen LogP contribution in [0.5, 0.6) is 5.75 Å². The number of anilines is 1. The smallest absolute Gasteiger partial charge is 0.253 e. The lowest BCUT2D eigenvalue weighted by Gasteiger charge is -2.11. The Balaban J connectivity index is 1.63. The van der Waals surface area contributed by atoms with Crippen LogP contribution < -0.4 is 15.4 Å². The van der Waals surface area contributed by atoms with Crippen molar-refractivity contribution in [2.24, 2.45) is 0 Å². The SMILES string of the molecule is CCOc1ccc(CC(=O)Nc2ccccc2C(=O)NC2CC2)cc1. The Morgan fingerprint density at radius 1 is 1.08 bits per heavy atom. The molecule has 0 heterocycles. The van der Waals surface area contributed by atoms with Crippen LogP contribution in [-0.4, -0.2) is 24.5 Å². The van der Waals surface area contributed by atoms with Crippen LogP contribution in [0.25, 0.3) is 0 Å². The van der Waals surface area contributed by atoms with E-state index in [2.05, 4.69) is 10.6 Å². The first kappa shape index (κ1) is 17.0. The molecule has 0 radical (unpaired) electrons. The third-order valence-corrected chi connectivity index (χ3v) is 3.96.